The fourth-order valence-corrected chi connectivity index (χ4v) is 4.47. The zero-order valence-corrected chi connectivity index (χ0v) is 21.1. The van der Waals surface area contributed by atoms with Crippen molar-refractivity contribution in [2.45, 2.75) is 45.6 Å². The summed E-state index contributed by atoms with van der Waals surface area (Å²) in [5.41, 5.74) is 1.33. The molecule has 2 N–H and O–H groups in total. The molecule has 1 fully saturated rings. The summed E-state index contributed by atoms with van der Waals surface area (Å²) in [7, 11) is 0. The number of cyclic esters (lactones) is 1. The lowest BCUT2D eigenvalue weighted by atomic mass is 10.2. The molecule has 1 aromatic carbocycles. The van der Waals surface area contributed by atoms with Crippen molar-refractivity contribution in [3.8, 4) is 0 Å². The van der Waals surface area contributed by atoms with Crippen LogP contribution >= 0.6 is 22.9 Å². The third-order valence-corrected chi connectivity index (χ3v) is 6.67. The zero-order valence-electron chi connectivity index (χ0n) is 19.5. The second-order valence-corrected chi connectivity index (χ2v) is 9.82. The molecule has 3 rings (SSSR count). The van der Waals surface area contributed by atoms with Gasteiger partial charge in [-0.2, -0.15) is 0 Å². The van der Waals surface area contributed by atoms with Crippen molar-refractivity contribution in [2.75, 3.05) is 36.4 Å². The van der Waals surface area contributed by atoms with Crippen LogP contribution in [0.15, 0.2) is 36.4 Å². The van der Waals surface area contributed by atoms with Gasteiger partial charge in [0.25, 0.3) is 5.91 Å². The van der Waals surface area contributed by atoms with Crippen LogP contribution in [0.3, 0.4) is 0 Å². The normalized spacial score (nSPS) is 15.2. The van der Waals surface area contributed by atoms with E-state index < -0.39 is 12.2 Å². The van der Waals surface area contributed by atoms with Gasteiger partial charge < -0.3 is 20.3 Å². The second-order valence-electron chi connectivity index (χ2n) is 8.10. The summed E-state index contributed by atoms with van der Waals surface area (Å²) < 4.78 is 5.93. The molecule has 1 aliphatic heterocycles. The van der Waals surface area contributed by atoms with Gasteiger partial charge in [0.15, 0.2) is 0 Å². The van der Waals surface area contributed by atoms with Gasteiger partial charge in [-0.3, -0.25) is 9.69 Å². The van der Waals surface area contributed by atoms with Crippen molar-refractivity contribution >= 4 is 52.3 Å². The maximum atomic E-state index is 12.7. The minimum absolute atomic E-state index is 0.113. The highest BCUT2D eigenvalue weighted by Gasteiger charge is 2.32. The third-order valence-electron chi connectivity index (χ3n) is 5.44. The highest BCUT2D eigenvalue weighted by Crippen LogP contribution is 2.24. The fourth-order valence-electron chi connectivity index (χ4n) is 3.51. The molecule has 0 radical (unpaired) electrons. The molecular weight excluding hydrogens is 476 g/mol. The number of urea groups is 1. The van der Waals surface area contributed by atoms with Crippen LogP contribution < -0.4 is 15.5 Å². The van der Waals surface area contributed by atoms with Gasteiger partial charge >= 0.3 is 12.1 Å². The molecule has 1 aromatic heterocycles. The van der Waals surface area contributed by atoms with Crippen molar-refractivity contribution in [2.24, 2.45) is 0 Å². The molecule has 1 aliphatic rings. The molecule has 10 heteroatoms. The summed E-state index contributed by atoms with van der Waals surface area (Å²) in [6.07, 6.45) is 3.07. The topological polar surface area (TPSA) is 91.0 Å². The van der Waals surface area contributed by atoms with Crippen LogP contribution in [0.2, 0.25) is 4.34 Å². The first-order valence-electron chi connectivity index (χ1n) is 11.6. The predicted octanol–water partition coefficient (Wildman–Crippen LogP) is 5.59. The van der Waals surface area contributed by atoms with E-state index in [0.29, 0.717) is 27.1 Å². The van der Waals surface area contributed by atoms with Crippen LogP contribution in [0.5, 0.6) is 0 Å². The predicted molar refractivity (Wildman–Crippen MR) is 136 cm³/mol. The number of rotatable bonds is 11. The van der Waals surface area contributed by atoms with Gasteiger partial charge in [0, 0.05) is 24.5 Å². The molecule has 34 heavy (non-hydrogen) atoms. The van der Waals surface area contributed by atoms with E-state index >= 15 is 0 Å². The molecule has 8 nitrogen and oxygen atoms in total. The summed E-state index contributed by atoms with van der Waals surface area (Å²) in [6.45, 7) is 6.20. The molecule has 0 spiro atoms. The van der Waals surface area contributed by atoms with E-state index in [9.17, 15) is 14.4 Å². The Bertz CT molecular complexity index is 974. The molecule has 0 saturated carbocycles. The zero-order chi connectivity index (χ0) is 24.5. The van der Waals surface area contributed by atoms with Gasteiger partial charge in [-0.05, 0) is 49.2 Å². The number of hydrogen-bond donors (Lipinski definition) is 2. The summed E-state index contributed by atoms with van der Waals surface area (Å²) >= 11 is 7.06. The number of halogens is 1. The Morgan fingerprint density at radius 3 is 2.38 bits per heavy atom. The van der Waals surface area contributed by atoms with E-state index in [-0.39, 0.29) is 18.5 Å². The molecule has 0 aliphatic carbocycles. The molecule has 4 amide bonds. The Labute approximate surface area is 209 Å². The van der Waals surface area contributed by atoms with Crippen LogP contribution in [0.4, 0.5) is 21.0 Å². The number of nitrogens with zero attached hydrogens (tertiary/aromatic N) is 2. The largest absolute Gasteiger partial charge is 0.442 e. The minimum Gasteiger partial charge on any atom is -0.442 e. The van der Waals surface area contributed by atoms with Crippen molar-refractivity contribution < 1.29 is 19.1 Å². The lowest BCUT2D eigenvalue weighted by Gasteiger charge is -2.23. The Morgan fingerprint density at radius 1 is 1.12 bits per heavy atom. The number of unbranched alkanes of at least 4 members (excludes halogenated alkanes) is 2. The van der Waals surface area contributed by atoms with Crippen molar-refractivity contribution in [3.05, 3.63) is 45.6 Å². The highest BCUT2D eigenvalue weighted by molar-refractivity contribution is 7.18. The first-order valence-corrected chi connectivity index (χ1v) is 12.8. The number of anilines is 2. The summed E-state index contributed by atoms with van der Waals surface area (Å²) in [4.78, 5) is 41.1. The van der Waals surface area contributed by atoms with E-state index in [1.165, 1.54) is 16.2 Å². The van der Waals surface area contributed by atoms with Crippen molar-refractivity contribution in [1.29, 1.82) is 0 Å². The summed E-state index contributed by atoms with van der Waals surface area (Å²) in [6, 6.07) is 10.3. The van der Waals surface area contributed by atoms with Crippen LogP contribution in [-0.2, 0) is 4.74 Å². The summed E-state index contributed by atoms with van der Waals surface area (Å²) in [5, 5.41) is 5.72. The maximum absolute atomic E-state index is 12.7. The molecule has 2 aromatic rings. The fraction of sp³-hybridized carbons (Fsp3) is 0.458. The van der Waals surface area contributed by atoms with Gasteiger partial charge in [0.05, 0.1) is 22.3 Å². The third kappa shape index (κ3) is 7.11. The van der Waals surface area contributed by atoms with Crippen LogP contribution in [-0.4, -0.2) is 55.2 Å². The number of ether oxygens (including phenoxy) is 1. The highest BCUT2D eigenvalue weighted by atomic mass is 35.5. The molecule has 1 atom stereocenters. The average molecular weight is 507 g/mol. The lowest BCUT2D eigenvalue weighted by Crippen LogP contribution is -2.36. The molecule has 1 saturated heterocycles. The van der Waals surface area contributed by atoms with Gasteiger partial charge in [-0.1, -0.05) is 38.3 Å². The van der Waals surface area contributed by atoms with E-state index in [0.717, 1.165) is 38.8 Å². The van der Waals surface area contributed by atoms with Crippen LogP contribution in [0, 0.1) is 0 Å². The van der Waals surface area contributed by atoms with E-state index in [1.807, 2.05) is 4.90 Å². The molecule has 0 bridgehead atoms. The minimum atomic E-state index is -0.472. The monoisotopic (exact) mass is 506 g/mol. The number of amides is 4. The Hall–Kier alpha value is -2.78. The number of carbonyl (C=O) groups excluding carboxylic acids is 3. The first kappa shape index (κ1) is 25.8. The molecule has 184 valence electrons. The second kappa shape index (κ2) is 12.6. The average Bonchev–Trinajstić information content (AvgIpc) is 3.43. The van der Waals surface area contributed by atoms with Gasteiger partial charge in [-0.25, -0.2) is 9.59 Å². The van der Waals surface area contributed by atoms with Gasteiger partial charge in [-0.15, -0.1) is 11.3 Å². The van der Waals surface area contributed by atoms with Crippen LogP contribution in [0.25, 0.3) is 0 Å². The SMILES string of the molecule is CCCCN(CCCC)C(=O)Nc1ccc(N2C[C@H](CNC(=O)c3ccc(Cl)s3)OC2=O)cc1. The van der Waals surface area contributed by atoms with Crippen molar-refractivity contribution in [1.82, 2.24) is 10.2 Å². The smallest absolute Gasteiger partial charge is 0.414 e. The van der Waals surface area contributed by atoms with Gasteiger partial charge in [0.2, 0.25) is 0 Å². The van der Waals surface area contributed by atoms with Crippen molar-refractivity contribution in [3.63, 3.8) is 0 Å². The number of thiophene rings is 1. The maximum Gasteiger partial charge on any atom is 0.414 e. The molecule has 0 unspecified atom stereocenters. The molecule has 2 heterocycles. The molecular formula is C24H31ClN4O4S. The van der Waals surface area contributed by atoms with Crippen LogP contribution in [0.1, 0.15) is 49.2 Å². The first-order chi connectivity index (χ1) is 16.4. The number of benzene rings is 1. The van der Waals surface area contributed by atoms with E-state index in [2.05, 4.69) is 24.5 Å². The summed E-state index contributed by atoms with van der Waals surface area (Å²) in [5.74, 6) is -0.251. The Morgan fingerprint density at radius 2 is 1.79 bits per heavy atom. The number of hydrogen-bond acceptors (Lipinski definition) is 5. The Kier molecular flexibility index (Phi) is 9.59. The standard InChI is InChI=1S/C24H31ClN4O4S/c1-3-5-13-28(14-6-4-2)23(31)27-17-7-9-18(10-8-17)29-16-19(33-24(29)32)15-26-22(30)20-11-12-21(25)34-20/h7-12,19H,3-6,13-16H2,1-2H3,(H,26,30)(H,27,31)/t19-/m0/s1. The van der Waals surface area contributed by atoms with E-state index in [4.69, 9.17) is 16.3 Å². The lowest BCUT2D eigenvalue weighted by molar-refractivity contribution is 0.0920. The quantitative estimate of drug-likeness (QED) is 0.415. The Balaban J connectivity index is 1.52. The van der Waals surface area contributed by atoms with E-state index in [1.54, 1.807) is 36.4 Å². The van der Waals surface area contributed by atoms with Gasteiger partial charge in [0.1, 0.15) is 6.10 Å². The number of nitrogens with one attached hydrogen (secondary N) is 2. The number of carbonyl (C=O) groups is 3.